The van der Waals surface area contributed by atoms with Crippen LogP contribution in [0.1, 0.15) is 27.9 Å². The molecule has 0 fully saturated rings. The zero-order chi connectivity index (χ0) is 21.1. The maximum absolute atomic E-state index is 13.0. The number of nitriles is 1. The lowest BCUT2D eigenvalue weighted by Gasteiger charge is -2.25. The molecule has 2 aromatic rings. The number of nitrogens with zero attached hydrogens (tertiary/aromatic N) is 2. The molecule has 5 nitrogen and oxygen atoms in total. The summed E-state index contributed by atoms with van der Waals surface area (Å²) in [5, 5.41) is 9.70. The Labute approximate surface area is 176 Å². The van der Waals surface area contributed by atoms with E-state index >= 15 is 0 Å². The van der Waals surface area contributed by atoms with Gasteiger partial charge in [0.25, 0.3) is 0 Å². The predicted octanol–water partition coefficient (Wildman–Crippen LogP) is 4.50. The van der Waals surface area contributed by atoms with Crippen molar-refractivity contribution in [1.29, 1.82) is 5.26 Å². The topological polar surface area (TPSA) is 62.6 Å². The van der Waals surface area contributed by atoms with Crippen molar-refractivity contribution in [2.75, 3.05) is 14.2 Å². The number of carbonyl (C=O) groups is 1. The average Bonchev–Trinajstić information content (AvgIpc) is 3.08. The van der Waals surface area contributed by atoms with Crippen LogP contribution in [0.3, 0.4) is 0 Å². The minimum atomic E-state index is -0.149. The summed E-state index contributed by atoms with van der Waals surface area (Å²) in [7, 11) is 3.16. The van der Waals surface area contributed by atoms with Crippen molar-refractivity contribution in [2.45, 2.75) is 19.4 Å². The number of ether oxygens (including phenoxy) is 2. The van der Waals surface area contributed by atoms with Crippen LogP contribution in [0.4, 0.5) is 0 Å². The summed E-state index contributed by atoms with van der Waals surface area (Å²) < 4.78 is 10.7. The number of benzene rings is 2. The van der Waals surface area contributed by atoms with Gasteiger partial charge in [-0.3, -0.25) is 4.79 Å². The fraction of sp³-hybridized carbons (Fsp3) is 0.280. The number of methoxy groups -OCH3 is 2. The third-order valence-corrected chi connectivity index (χ3v) is 5.80. The van der Waals surface area contributed by atoms with E-state index in [4.69, 9.17) is 9.47 Å². The highest BCUT2D eigenvalue weighted by molar-refractivity contribution is 6.03. The molecule has 2 unspecified atom stereocenters. The number of carbonyl (C=O) groups excluding carboxylic acids is 1. The van der Waals surface area contributed by atoms with E-state index in [1.165, 1.54) is 5.56 Å². The van der Waals surface area contributed by atoms with Gasteiger partial charge in [0, 0.05) is 36.3 Å². The first-order valence-electron chi connectivity index (χ1n) is 10.0. The smallest absolute Gasteiger partial charge is 0.166 e. The highest BCUT2D eigenvalue weighted by Crippen LogP contribution is 2.39. The molecule has 0 aromatic heterocycles. The van der Waals surface area contributed by atoms with E-state index in [-0.39, 0.29) is 17.6 Å². The van der Waals surface area contributed by atoms with Crippen LogP contribution in [0.25, 0.3) is 0 Å². The van der Waals surface area contributed by atoms with E-state index in [2.05, 4.69) is 18.2 Å². The Morgan fingerprint density at radius 3 is 2.57 bits per heavy atom. The molecule has 0 amide bonds. The van der Waals surface area contributed by atoms with Crippen LogP contribution in [0, 0.1) is 23.2 Å². The van der Waals surface area contributed by atoms with Gasteiger partial charge in [-0.25, -0.2) is 0 Å². The Morgan fingerprint density at radius 1 is 1.13 bits per heavy atom. The van der Waals surface area contributed by atoms with Gasteiger partial charge >= 0.3 is 0 Å². The van der Waals surface area contributed by atoms with Gasteiger partial charge < -0.3 is 14.4 Å². The monoisotopic (exact) mass is 400 g/mol. The number of hydrogen-bond donors (Lipinski definition) is 0. The van der Waals surface area contributed by atoms with Gasteiger partial charge in [0.1, 0.15) is 0 Å². The number of Topliss-reactive ketones (excluding diaryl/α,β-unsaturated/α-hetero) is 1. The Balaban J connectivity index is 1.48. The number of hydrogen-bond acceptors (Lipinski definition) is 5. The van der Waals surface area contributed by atoms with E-state index < -0.39 is 0 Å². The third kappa shape index (κ3) is 3.81. The molecule has 5 heteroatoms. The Kier molecular flexibility index (Phi) is 5.58. The standard InChI is InChI=1S/C25H24N2O3/c1-29-23-12-19-11-20(25(28)22(19)13-24(23)30-2)10-18-8-9-27(16-21(18)14-26)15-17-6-4-3-5-7-17/h3-9,12-13,16,18,20H,10-11,15H2,1-2H3. The van der Waals surface area contributed by atoms with Gasteiger partial charge in [-0.1, -0.05) is 36.4 Å². The summed E-state index contributed by atoms with van der Waals surface area (Å²) in [6.07, 6.45) is 7.23. The molecule has 4 rings (SSSR count). The summed E-state index contributed by atoms with van der Waals surface area (Å²) >= 11 is 0. The first-order valence-corrected chi connectivity index (χ1v) is 10.0. The first-order chi connectivity index (χ1) is 14.6. The number of rotatable bonds is 6. The quantitative estimate of drug-likeness (QED) is 0.714. The van der Waals surface area contributed by atoms with Gasteiger partial charge in [0.15, 0.2) is 17.3 Å². The van der Waals surface area contributed by atoms with Gasteiger partial charge in [-0.2, -0.15) is 5.26 Å². The highest BCUT2D eigenvalue weighted by Gasteiger charge is 2.34. The summed E-state index contributed by atoms with van der Waals surface area (Å²) in [5.41, 5.74) is 3.55. The fourth-order valence-electron chi connectivity index (χ4n) is 4.24. The van der Waals surface area contributed by atoms with Gasteiger partial charge in [0.2, 0.25) is 0 Å². The normalized spacial score (nSPS) is 19.8. The van der Waals surface area contributed by atoms with Crippen molar-refractivity contribution < 1.29 is 14.3 Å². The second kappa shape index (κ2) is 8.46. The molecule has 0 spiro atoms. The molecule has 0 saturated carbocycles. The predicted molar refractivity (Wildman–Crippen MR) is 114 cm³/mol. The minimum absolute atomic E-state index is 0.0610. The van der Waals surface area contributed by atoms with Crippen LogP contribution < -0.4 is 9.47 Å². The molecule has 0 saturated heterocycles. The fourth-order valence-corrected chi connectivity index (χ4v) is 4.24. The molecule has 2 aliphatic rings. The Bertz CT molecular complexity index is 1050. The Morgan fingerprint density at radius 2 is 1.87 bits per heavy atom. The third-order valence-electron chi connectivity index (χ3n) is 5.80. The zero-order valence-corrected chi connectivity index (χ0v) is 17.2. The van der Waals surface area contributed by atoms with Crippen LogP contribution in [-0.4, -0.2) is 24.9 Å². The van der Waals surface area contributed by atoms with Crippen LogP contribution in [-0.2, 0) is 13.0 Å². The second-order valence-corrected chi connectivity index (χ2v) is 7.67. The lowest BCUT2D eigenvalue weighted by molar-refractivity contribution is 0.0925. The van der Waals surface area contributed by atoms with E-state index in [0.717, 1.165) is 5.56 Å². The largest absolute Gasteiger partial charge is 0.493 e. The minimum Gasteiger partial charge on any atom is -0.493 e. The molecule has 2 aromatic carbocycles. The molecular formula is C25H24N2O3. The van der Waals surface area contributed by atoms with E-state index in [0.29, 0.717) is 42.0 Å². The lowest BCUT2D eigenvalue weighted by Crippen LogP contribution is -2.20. The number of fused-ring (bicyclic) bond motifs is 1. The maximum Gasteiger partial charge on any atom is 0.166 e. The molecule has 0 radical (unpaired) electrons. The molecule has 2 atom stereocenters. The molecular weight excluding hydrogens is 376 g/mol. The first kappa shape index (κ1) is 19.8. The van der Waals surface area contributed by atoms with Crippen molar-refractivity contribution in [2.24, 2.45) is 11.8 Å². The van der Waals surface area contributed by atoms with Crippen molar-refractivity contribution in [1.82, 2.24) is 4.90 Å². The second-order valence-electron chi connectivity index (χ2n) is 7.67. The van der Waals surface area contributed by atoms with Crippen LogP contribution in [0.2, 0.25) is 0 Å². The molecule has 0 N–H and O–H groups in total. The highest BCUT2D eigenvalue weighted by atomic mass is 16.5. The lowest BCUT2D eigenvalue weighted by atomic mass is 9.86. The molecule has 1 heterocycles. The summed E-state index contributed by atoms with van der Waals surface area (Å²) in [6, 6.07) is 16.1. The van der Waals surface area contributed by atoms with Gasteiger partial charge in [-0.05, 0) is 36.1 Å². The van der Waals surface area contributed by atoms with Gasteiger partial charge in [0.05, 0.1) is 25.9 Å². The molecule has 0 bridgehead atoms. The summed E-state index contributed by atoms with van der Waals surface area (Å²) in [6.45, 7) is 0.711. The van der Waals surface area contributed by atoms with Crippen LogP contribution in [0.15, 0.2) is 66.5 Å². The summed E-state index contributed by atoms with van der Waals surface area (Å²) in [5.74, 6) is 1.11. The molecule has 30 heavy (non-hydrogen) atoms. The van der Waals surface area contributed by atoms with Gasteiger partial charge in [-0.15, -0.1) is 0 Å². The summed E-state index contributed by atoms with van der Waals surface area (Å²) in [4.78, 5) is 15.0. The van der Waals surface area contributed by atoms with Crippen LogP contribution in [0.5, 0.6) is 11.5 Å². The molecule has 152 valence electrons. The Hall–Kier alpha value is -3.52. The SMILES string of the molecule is COc1cc2c(cc1OC)C(=O)C(CC1C=CN(Cc3ccccc3)C=C1C#N)C2. The average molecular weight is 400 g/mol. The number of ketones is 1. The molecule has 1 aliphatic heterocycles. The molecule has 1 aliphatic carbocycles. The van der Waals surface area contributed by atoms with Crippen LogP contribution >= 0.6 is 0 Å². The zero-order valence-electron chi connectivity index (χ0n) is 17.2. The van der Waals surface area contributed by atoms with E-state index in [1.807, 2.05) is 47.6 Å². The number of allylic oxidation sites excluding steroid dienone is 2. The van der Waals surface area contributed by atoms with Crippen molar-refractivity contribution >= 4 is 5.78 Å². The van der Waals surface area contributed by atoms with E-state index in [1.54, 1.807) is 20.3 Å². The maximum atomic E-state index is 13.0. The van der Waals surface area contributed by atoms with Crippen molar-refractivity contribution in [3.05, 3.63) is 83.2 Å². The van der Waals surface area contributed by atoms with E-state index in [9.17, 15) is 10.1 Å². The van der Waals surface area contributed by atoms with Crippen molar-refractivity contribution in [3.63, 3.8) is 0 Å². The van der Waals surface area contributed by atoms with Crippen molar-refractivity contribution in [3.8, 4) is 17.6 Å².